The first-order valence-corrected chi connectivity index (χ1v) is 10.5. The van der Waals surface area contributed by atoms with Crippen molar-refractivity contribution in [1.29, 1.82) is 0 Å². The van der Waals surface area contributed by atoms with Gasteiger partial charge in [-0.1, -0.05) is 41.1 Å². The number of carbonyl (C=O) groups is 2. The van der Waals surface area contributed by atoms with E-state index in [2.05, 4.69) is 10.3 Å². The van der Waals surface area contributed by atoms with Gasteiger partial charge < -0.3 is 5.32 Å². The van der Waals surface area contributed by atoms with Crippen molar-refractivity contribution in [1.82, 2.24) is 4.90 Å². The van der Waals surface area contributed by atoms with Gasteiger partial charge in [0.1, 0.15) is 5.25 Å². The zero-order valence-corrected chi connectivity index (χ0v) is 17.0. The van der Waals surface area contributed by atoms with Gasteiger partial charge in [-0.3, -0.25) is 14.5 Å². The average molecular weight is 414 g/mol. The molecule has 0 radical (unpaired) electrons. The van der Waals surface area contributed by atoms with Crippen LogP contribution in [-0.4, -0.2) is 33.2 Å². The molecule has 1 saturated carbocycles. The smallest absolute Gasteiger partial charge is 0.242 e. The van der Waals surface area contributed by atoms with E-state index in [0.717, 1.165) is 24.1 Å². The first kappa shape index (κ1) is 19.0. The summed E-state index contributed by atoms with van der Waals surface area (Å²) in [6.45, 7) is 2.02. The van der Waals surface area contributed by atoms with Crippen molar-refractivity contribution in [2.24, 2.45) is 4.99 Å². The maximum absolute atomic E-state index is 12.9. The van der Waals surface area contributed by atoms with Gasteiger partial charge >= 0.3 is 0 Å². The largest absolute Gasteiger partial charge is 0.326 e. The minimum atomic E-state index is -0.447. The fourth-order valence-corrected chi connectivity index (χ4v) is 4.35. The molecule has 144 valence electrons. The first-order valence-electron chi connectivity index (χ1n) is 9.20. The molecule has 1 atom stereocenters. The second-order valence-corrected chi connectivity index (χ2v) is 8.64. The number of benzene rings is 2. The van der Waals surface area contributed by atoms with Crippen LogP contribution in [0.15, 0.2) is 53.5 Å². The van der Waals surface area contributed by atoms with Crippen LogP contribution in [0.4, 0.5) is 11.4 Å². The monoisotopic (exact) mass is 413 g/mol. The van der Waals surface area contributed by atoms with Gasteiger partial charge in [0.05, 0.1) is 5.69 Å². The Hall–Kier alpha value is -2.31. The van der Waals surface area contributed by atoms with Crippen molar-refractivity contribution < 1.29 is 9.59 Å². The molecule has 2 aromatic carbocycles. The lowest BCUT2D eigenvalue weighted by atomic mass is 10.2. The van der Waals surface area contributed by atoms with Gasteiger partial charge in [0.2, 0.25) is 11.8 Å². The van der Waals surface area contributed by atoms with Gasteiger partial charge in [0, 0.05) is 23.2 Å². The molecule has 1 unspecified atom stereocenters. The van der Waals surface area contributed by atoms with E-state index >= 15 is 0 Å². The van der Waals surface area contributed by atoms with Crippen LogP contribution >= 0.6 is 23.4 Å². The number of carbonyl (C=O) groups excluding carboxylic acids is 2. The fraction of sp³-hybridized carbons (Fsp3) is 0.286. The lowest BCUT2D eigenvalue weighted by Gasteiger charge is -2.15. The molecule has 0 aromatic heterocycles. The van der Waals surface area contributed by atoms with Crippen molar-refractivity contribution in [3.05, 3.63) is 59.1 Å². The molecule has 2 aromatic rings. The Morgan fingerprint density at radius 2 is 1.86 bits per heavy atom. The molecule has 2 amide bonds. The minimum Gasteiger partial charge on any atom is -0.326 e. The molecule has 7 heteroatoms. The Morgan fingerprint density at radius 3 is 2.50 bits per heavy atom. The van der Waals surface area contributed by atoms with E-state index in [-0.39, 0.29) is 24.3 Å². The van der Waals surface area contributed by atoms with E-state index in [1.54, 1.807) is 29.2 Å². The van der Waals surface area contributed by atoms with Crippen LogP contribution in [0.5, 0.6) is 0 Å². The van der Waals surface area contributed by atoms with Gasteiger partial charge in [-0.25, -0.2) is 4.99 Å². The lowest BCUT2D eigenvalue weighted by Crippen LogP contribution is -2.35. The SMILES string of the molecule is Cc1ccc(N=C2SC(CC(=O)Nc3ccc(Cl)cc3)C(=O)N2C2CC2)cc1. The second kappa shape index (κ2) is 7.97. The number of rotatable bonds is 5. The number of anilines is 1. The molecule has 5 nitrogen and oxygen atoms in total. The average Bonchev–Trinajstić information content (AvgIpc) is 3.45. The summed E-state index contributed by atoms with van der Waals surface area (Å²) in [6.07, 6.45) is 2.09. The summed E-state index contributed by atoms with van der Waals surface area (Å²) in [5, 5.41) is 3.68. The van der Waals surface area contributed by atoms with Crippen molar-refractivity contribution in [3.63, 3.8) is 0 Å². The van der Waals surface area contributed by atoms with Gasteiger partial charge in [0.25, 0.3) is 0 Å². The highest BCUT2D eigenvalue weighted by atomic mass is 35.5. The molecule has 4 rings (SSSR count). The lowest BCUT2D eigenvalue weighted by molar-refractivity contribution is -0.128. The standard InChI is InChI=1S/C21H20ClN3O2S/c1-13-2-6-16(7-3-13)24-21-25(17-10-11-17)20(27)18(28-21)12-19(26)23-15-8-4-14(22)5-9-15/h2-9,17-18H,10-12H2,1H3,(H,23,26). The van der Waals surface area contributed by atoms with Crippen LogP contribution in [0.1, 0.15) is 24.8 Å². The molecule has 1 N–H and O–H groups in total. The van der Waals surface area contributed by atoms with Gasteiger partial charge in [-0.2, -0.15) is 0 Å². The molecular weight excluding hydrogens is 394 g/mol. The fourth-order valence-electron chi connectivity index (χ4n) is 3.01. The Kier molecular flexibility index (Phi) is 5.42. The molecule has 28 heavy (non-hydrogen) atoms. The summed E-state index contributed by atoms with van der Waals surface area (Å²) in [5.74, 6) is -0.217. The highest BCUT2D eigenvalue weighted by molar-refractivity contribution is 8.15. The molecule has 1 saturated heterocycles. The molecule has 1 aliphatic heterocycles. The van der Waals surface area contributed by atoms with Crippen molar-refractivity contribution in [3.8, 4) is 0 Å². The Bertz CT molecular complexity index is 924. The number of hydrogen-bond donors (Lipinski definition) is 1. The molecule has 2 aliphatic rings. The number of hydrogen-bond acceptors (Lipinski definition) is 4. The number of nitrogens with one attached hydrogen (secondary N) is 1. The summed E-state index contributed by atoms with van der Waals surface area (Å²) in [4.78, 5) is 31.8. The molecule has 0 spiro atoms. The van der Waals surface area contributed by atoms with E-state index in [9.17, 15) is 9.59 Å². The van der Waals surface area contributed by atoms with Crippen LogP contribution < -0.4 is 5.32 Å². The van der Waals surface area contributed by atoms with E-state index in [4.69, 9.17) is 11.6 Å². The topological polar surface area (TPSA) is 61.8 Å². The molecule has 1 aliphatic carbocycles. The molecular formula is C21H20ClN3O2S. The van der Waals surface area contributed by atoms with Crippen LogP contribution in [0.3, 0.4) is 0 Å². The highest BCUT2D eigenvalue weighted by Gasteiger charge is 2.46. The van der Waals surface area contributed by atoms with Gasteiger partial charge in [0.15, 0.2) is 5.17 Å². The van der Waals surface area contributed by atoms with Crippen molar-refractivity contribution >= 4 is 51.7 Å². The second-order valence-electron chi connectivity index (χ2n) is 7.04. The third-order valence-corrected chi connectivity index (χ3v) is 6.04. The van der Waals surface area contributed by atoms with Crippen LogP contribution in [0.25, 0.3) is 0 Å². The summed E-state index contributed by atoms with van der Waals surface area (Å²) in [6, 6.07) is 15.0. The summed E-state index contributed by atoms with van der Waals surface area (Å²) in [5.41, 5.74) is 2.64. The normalized spacial score (nSPS) is 20.6. The zero-order valence-electron chi connectivity index (χ0n) is 15.4. The minimum absolute atomic E-state index is 0.0235. The number of aryl methyl sites for hydroxylation is 1. The number of amidine groups is 1. The van der Waals surface area contributed by atoms with Crippen molar-refractivity contribution in [2.75, 3.05) is 5.32 Å². The van der Waals surface area contributed by atoms with Crippen LogP contribution in [-0.2, 0) is 9.59 Å². The number of thioether (sulfide) groups is 1. The Labute approximate surface area is 173 Å². The summed E-state index contributed by atoms with van der Waals surface area (Å²) in [7, 11) is 0. The third-order valence-electron chi connectivity index (χ3n) is 4.64. The van der Waals surface area contributed by atoms with E-state index in [1.165, 1.54) is 11.8 Å². The van der Waals surface area contributed by atoms with Gasteiger partial charge in [-0.05, 0) is 56.2 Å². The van der Waals surface area contributed by atoms with E-state index in [1.807, 2.05) is 31.2 Å². The summed E-state index contributed by atoms with van der Waals surface area (Å²) >= 11 is 7.25. The predicted octanol–water partition coefficient (Wildman–Crippen LogP) is 4.77. The first-order chi connectivity index (χ1) is 13.5. The number of halogens is 1. The molecule has 1 heterocycles. The van der Waals surface area contributed by atoms with Gasteiger partial charge in [-0.15, -0.1) is 0 Å². The number of aliphatic imine (C=N–C) groups is 1. The highest BCUT2D eigenvalue weighted by Crippen LogP contribution is 2.39. The van der Waals surface area contributed by atoms with Crippen molar-refractivity contribution in [2.45, 2.75) is 37.5 Å². The number of amides is 2. The quantitative estimate of drug-likeness (QED) is 0.767. The number of nitrogens with zero attached hydrogens (tertiary/aromatic N) is 2. The molecule has 0 bridgehead atoms. The van der Waals surface area contributed by atoms with E-state index in [0.29, 0.717) is 15.9 Å². The maximum Gasteiger partial charge on any atom is 0.242 e. The predicted molar refractivity (Wildman–Crippen MR) is 114 cm³/mol. The van der Waals surface area contributed by atoms with Crippen LogP contribution in [0.2, 0.25) is 5.02 Å². The Balaban J connectivity index is 1.47. The third kappa shape index (κ3) is 4.39. The van der Waals surface area contributed by atoms with E-state index < -0.39 is 5.25 Å². The summed E-state index contributed by atoms with van der Waals surface area (Å²) < 4.78 is 0. The Morgan fingerprint density at radius 1 is 1.18 bits per heavy atom. The maximum atomic E-state index is 12.9. The molecule has 2 fully saturated rings. The van der Waals surface area contributed by atoms with Crippen LogP contribution in [0, 0.1) is 6.92 Å². The zero-order chi connectivity index (χ0) is 19.7.